The molecule has 1 amide bonds. The molecular weight excluding hydrogens is 240 g/mol. The summed E-state index contributed by atoms with van der Waals surface area (Å²) in [4.78, 5) is 14.1. The molecule has 19 heavy (non-hydrogen) atoms. The number of aliphatic hydroxyl groups is 1. The molecular formula is C15H24N2O2. The maximum atomic E-state index is 12.0. The molecule has 0 aliphatic rings. The average Bonchev–Trinajstić information content (AvgIpc) is 2.36. The van der Waals surface area contributed by atoms with Crippen LogP contribution in [0.3, 0.4) is 0 Å². The third-order valence-electron chi connectivity index (χ3n) is 2.89. The van der Waals surface area contributed by atoms with Crippen LogP contribution >= 0.6 is 0 Å². The van der Waals surface area contributed by atoms with E-state index in [0.29, 0.717) is 12.0 Å². The Morgan fingerprint density at radius 2 is 1.95 bits per heavy atom. The van der Waals surface area contributed by atoms with Crippen LogP contribution < -0.4 is 5.32 Å². The van der Waals surface area contributed by atoms with E-state index in [1.807, 2.05) is 45.3 Å². The zero-order valence-corrected chi connectivity index (χ0v) is 12.0. The summed E-state index contributed by atoms with van der Waals surface area (Å²) in [7, 11) is 4.03. The van der Waals surface area contributed by atoms with Crippen molar-refractivity contribution in [2.75, 3.05) is 20.7 Å². The molecule has 0 heterocycles. The number of carbonyl (C=O) groups is 1. The molecule has 1 unspecified atom stereocenters. The Morgan fingerprint density at radius 1 is 1.32 bits per heavy atom. The minimum absolute atomic E-state index is 0.0538. The van der Waals surface area contributed by atoms with Crippen LogP contribution in [0, 0.1) is 0 Å². The van der Waals surface area contributed by atoms with Crippen molar-refractivity contribution in [3.8, 4) is 0 Å². The van der Waals surface area contributed by atoms with Crippen molar-refractivity contribution >= 4 is 5.91 Å². The number of nitrogens with zero attached hydrogens (tertiary/aromatic N) is 1. The Bertz CT molecular complexity index is 388. The van der Waals surface area contributed by atoms with E-state index >= 15 is 0 Å². The average molecular weight is 264 g/mol. The summed E-state index contributed by atoms with van der Waals surface area (Å²) in [5, 5.41) is 11.7. The standard InChI is InChI=1S/C15H24N2O2/c1-12(5-4-10-18)16-15(19)14-8-6-13(7-9-14)11-17(2)3/h6-9,12,18H,4-5,10-11H2,1-3H3,(H,16,19). The first kappa shape index (κ1) is 15.7. The van der Waals surface area contributed by atoms with Crippen molar-refractivity contribution in [1.82, 2.24) is 10.2 Å². The first-order valence-corrected chi connectivity index (χ1v) is 6.68. The lowest BCUT2D eigenvalue weighted by Gasteiger charge is -2.14. The van der Waals surface area contributed by atoms with Gasteiger partial charge in [0.2, 0.25) is 0 Å². The Balaban J connectivity index is 2.53. The normalized spacial score (nSPS) is 12.5. The molecule has 0 fully saturated rings. The topological polar surface area (TPSA) is 52.6 Å². The van der Waals surface area contributed by atoms with Gasteiger partial charge in [0.25, 0.3) is 5.91 Å². The molecule has 0 radical (unpaired) electrons. The summed E-state index contributed by atoms with van der Waals surface area (Å²) >= 11 is 0. The van der Waals surface area contributed by atoms with E-state index in [1.54, 1.807) is 0 Å². The van der Waals surface area contributed by atoms with Gasteiger partial charge in [-0.1, -0.05) is 12.1 Å². The molecule has 0 bridgehead atoms. The number of hydrogen-bond donors (Lipinski definition) is 2. The minimum atomic E-state index is -0.0538. The van der Waals surface area contributed by atoms with Crippen LogP contribution in [0.5, 0.6) is 0 Å². The highest BCUT2D eigenvalue weighted by molar-refractivity contribution is 5.94. The van der Waals surface area contributed by atoms with Gasteiger partial charge in [0, 0.05) is 24.8 Å². The van der Waals surface area contributed by atoms with E-state index in [2.05, 4.69) is 10.2 Å². The van der Waals surface area contributed by atoms with Crippen LogP contribution in [0.2, 0.25) is 0 Å². The molecule has 1 rings (SSSR count). The van der Waals surface area contributed by atoms with Gasteiger partial charge in [0.1, 0.15) is 0 Å². The minimum Gasteiger partial charge on any atom is -0.396 e. The Kier molecular flexibility index (Phi) is 6.53. The van der Waals surface area contributed by atoms with Gasteiger partial charge in [-0.25, -0.2) is 0 Å². The number of benzene rings is 1. The van der Waals surface area contributed by atoms with E-state index < -0.39 is 0 Å². The first-order valence-electron chi connectivity index (χ1n) is 6.68. The number of nitrogens with one attached hydrogen (secondary N) is 1. The maximum Gasteiger partial charge on any atom is 0.251 e. The molecule has 0 saturated carbocycles. The highest BCUT2D eigenvalue weighted by Gasteiger charge is 2.09. The van der Waals surface area contributed by atoms with Gasteiger partial charge in [-0.15, -0.1) is 0 Å². The number of rotatable bonds is 7. The Morgan fingerprint density at radius 3 is 2.47 bits per heavy atom. The predicted octanol–water partition coefficient (Wildman–Crippen LogP) is 1.64. The Hall–Kier alpha value is -1.39. The van der Waals surface area contributed by atoms with Gasteiger partial charge in [0.05, 0.1) is 0 Å². The largest absolute Gasteiger partial charge is 0.396 e. The van der Waals surface area contributed by atoms with E-state index in [4.69, 9.17) is 5.11 Å². The number of carbonyl (C=O) groups excluding carboxylic acids is 1. The quantitative estimate of drug-likeness (QED) is 0.787. The van der Waals surface area contributed by atoms with Crippen LogP contribution in [0.25, 0.3) is 0 Å². The molecule has 2 N–H and O–H groups in total. The SMILES string of the molecule is CC(CCCO)NC(=O)c1ccc(CN(C)C)cc1. The third-order valence-corrected chi connectivity index (χ3v) is 2.89. The smallest absolute Gasteiger partial charge is 0.251 e. The van der Waals surface area contributed by atoms with Crippen LogP contribution in [0.1, 0.15) is 35.7 Å². The second kappa shape index (κ2) is 7.92. The molecule has 106 valence electrons. The summed E-state index contributed by atoms with van der Waals surface area (Å²) < 4.78 is 0. The third kappa shape index (κ3) is 5.85. The summed E-state index contributed by atoms with van der Waals surface area (Å²) in [6.07, 6.45) is 1.50. The summed E-state index contributed by atoms with van der Waals surface area (Å²) in [6.45, 7) is 2.99. The summed E-state index contributed by atoms with van der Waals surface area (Å²) in [5.74, 6) is -0.0538. The van der Waals surface area contributed by atoms with Gasteiger partial charge in [-0.2, -0.15) is 0 Å². The lowest BCUT2D eigenvalue weighted by Crippen LogP contribution is -2.32. The van der Waals surface area contributed by atoms with Crippen molar-refractivity contribution in [2.45, 2.75) is 32.4 Å². The monoisotopic (exact) mass is 264 g/mol. The summed E-state index contributed by atoms with van der Waals surface area (Å²) in [5.41, 5.74) is 1.87. The highest BCUT2D eigenvalue weighted by Crippen LogP contribution is 2.07. The van der Waals surface area contributed by atoms with Gasteiger partial charge in [0.15, 0.2) is 0 Å². The molecule has 4 nitrogen and oxygen atoms in total. The molecule has 0 aromatic heterocycles. The second-order valence-electron chi connectivity index (χ2n) is 5.18. The van der Waals surface area contributed by atoms with Crippen molar-refractivity contribution in [2.24, 2.45) is 0 Å². The number of hydrogen-bond acceptors (Lipinski definition) is 3. The molecule has 1 atom stereocenters. The maximum absolute atomic E-state index is 12.0. The fraction of sp³-hybridized carbons (Fsp3) is 0.533. The van der Waals surface area contributed by atoms with Gasteiger partial charge in [-0.05, 0) is 51.6 Å². The van der Waals surface area contributed by atoms with Crippen LogP contribution in [0.4, 0.5) is 0 Å². The fourth-order valence-corrected chi connectivity index (χ4v) is 1.90. The molecule has 0 aliphatic carbocycles. The molecule has 0 saturated heterocycles. The second-order valence-corrected chi connectivity index (χ2v) is 5.18. The van der Waals surface area contributed by atoms with Crippen molar-refractivity contribution in [1.29, 1.82) is 0 Å². The zero-order valence-electron chi connectivity index (χ0n) is 12.0. The lowest BCUT2D eigenvalue weighted by molar-refractivity contribution is 0.0936. The van der Waals surface area contributed by atoms with E-state index in [-0.39, 0.29) is 18.6 Å². The lowest BCUT2D eigenvalue weighted by atomic mass is 10.1. The van der Waals surface area contributed by atoms with Gasteiger partial charge < -0.3 is 15.3 Å². The summed E-state index contributed by atoms with van der Waals surface area (Å²) in [6, 6.07) is 7.75. The molecule has 4 heteroatoms. The van der Waals surface area contributed by atoms with E-state index in [1.165, 1.54) is 5.56 Å². The van der Waals surface area contributed by atoms with Gasteiger partial charge in [-0.3, -0.25) is 4.79 Å². The fourth-order valence-electron chi connectivity index (χ4n) is 1.90. The van der Waals surface area contributed by atoms with E-state index in [0.717, 1.165) is 13.0 Å². The zero-order chi connectivity index (χ0) is 14.3. The van der Waals surface area contributed by atoms with Crippen LogP contribution in [0.15, 0.2) is 24.3 Å². The van der Waals surface area contributed by atoms with Crippen LogP contribution in [-0.4, -0.2) is 42.7 Å². The Labute approximate surface area is 115 Å². The van der Waals surface area contributed by atoms with Crippen molar-refractivity contribution in [3.63, 3.8) is 0 Å². The van der Waals surface area contributed by atoms with Crippen LogP contribution in [-0.2, 0) is 6.54 Å². The molecule has 0 aliphatic heterocycles. The number of aliphatic hydroxyl groups excluding tert-OH is 1. The van der Waals surface area contributed by atoms with Crippen molar-refractivity contribution in [3.05, 3.63) is 35.4 Å². The molecule has 1 aromatic carbocycles. The number of amides is 1. The van der Waals surface area contributed by atoms with Crippen molar-refractivity contribution < 1.29 is 9.90 Å². The molecule has 1 aromatic rings. The molecule has 0 spiro atoms. The highest BCUT2D eigenvalue weighted by atomic mass is 16.2. The first-order chi connectivity index (χ1) is 9.02. The van der Waals surface area contributed by atoms with Gasteiger partial charge >= 0.3 is 0 Å². The van der Waals surface area contributed by atoms with E-state index in [9.17, 15) is 4.79 Å². The predicted molar refractivity (Wildman–Crippen MR) is 77.1 cm³/mol.